The largest absolute Gasteiger partial charge is 0.416 e. The third-order valence-electron chi connectivity index (χ3n) is 6.10. The van der Waals surface area contributed by atoms with Crippen molar-refractivity contribution < 1.29 is 17.6 Å². The van der Waals surface area contributed by atoms with Gasteiger partial charge in [-0.3, -0.25) is 4.90 Å². The molecule has 170 valence electrons. The summed E-state index contributed by atoms with van der Waals surface area (Å²) in [7, 11) is 0. The van der Waals surface area contributed by atoms with Crippen molar-refractivity contribution in [2.75, 3.05) is 19.6 Å². The van der Waals surface area contributed by atoms with Crippen molar-refractivity contribution in [2.24, 2.45) is 0 Å². The van der Waals surface area contributed by atoms with E-state index in [1.54, 1.807) is 24.5 Å². The van der Waals surface area contributed by atoms with Crippen molar-refractivity contribution in [1.29, 1.82) is 0 Å². The Hall–Kier alpha value is -3.39. The molecule has 4 nitrogen and oxygen atoms in total. The molecular weight excluding hydrogens is 432 g/mol. The van der Waals surface area contributed by atoms with Crippen molar-refractivity contribution in [2.45, 2.75) is 19.0 Å². The Kier molecular flexibility index (Phi) is 5.54. The predicted molar refractivity (Wildman–Crippen MR) is 120 cm³/mol. The van der Waals surface area contributed by atoms with Crippen LogP contribution in [0.5, 0.6) is 0 Å². The number of imidazole rings is 1. The second kappa shape index (κ2) is 8.51. The van der Waals surface area contributed by atoms with E-state index in [2.05, 4.69) is 20.9 Å². The fraction of sp³-hybridized carbons (Fsp3) is 0.240. The summed E-state index contributed by atoms with van der Waals surface area (Å²) < 4.78 is 55.6. The summed E-state index contributed by atoms with van der Waals surface area (Å²) in [5, 5.41) is 0.546. The smallest absolute Gasteiger partial charge is 0.349 e. The van der Waals surface area contributed by atoms with Crippen LogP contribution in [0.25, 0.3) is 22.2 Å². The van der Waals surface area contributed by atoms with Gasteiger partial charge in [0.15, 0.2) is 0 Å². The van der Waals surface area contributed by atoms with Gasteiger partial charge in [0.1, 0.15) is 11.6 Å². The van der Waals surface area contributed by atoms with Crippen molar-refractivity contribution >= 4 is 16.5 Å². The number of hydrogen-bond acceptors (Lipinski definition) is 2. The van der Waals surface area contributed by atoms with Gasteiger partial charge in [-0.1, -0.05) is 6.08 Å². The van der Waals surface area contributed by atoms with E-state index in [1.807, 2.05) is 10.8 Å². The highest BCUT2D eigenvalue weighted by molar-refractivity contribution is 5.95. The summed E-state index contributed by atoms with van der Waals surface area (Å²) in [5.74, 6) is 0.575. The van der Waals surface area contributed by atoms with Crippen LogP contribution in [0.15, 0.2) is 67.1 Å². The van der Waals surface area contributed by atoms with Crippen LogP contribution in [0.4, 0.5) is 17.6 Å². The Bertz CT molecular complexity index is 1280. The van der Waals surface area contributed by atoms with Gasteiger partial charge in [-0.05, 0) is 54.5 Å². The van der Waals surface area contributed by atoms with Gasteiger partial charge >= 0.3 is 6.18 Å². The zero-order chi connectivity index (χ0) is 23.0. The molecular formula is C25H22F4N4. The molecule has 5 rings (SSSR count). The lowest BCUT2D eigenvalue weighted by Gasteiger charge is -2.26. The lowest BCUT2D eigenvalue weighted by molar-refractivity contribution is -0.137. The Morgan fingerprint density at radius 2 is 1.88 bits per heavy atom. The topological polar surface area (TPSA) is 36.9 Å². The molecule has 33 heavy (non-hydrogen) atoms. The average molecular weight is 454 g/mol. The minimum absolute atomic E-state index is 0.362. The molecule has 3 heterocycles. The standard InChI is InChI=1S/C25H22F4N4/c26-19-2-4-20(5-3-19)33-16-22(21-15-18(25(27,28)29)1-6-23(21)33)17-7-12-32(13-8-17)14-9-24-30-10-11-31-24/h1-7,10-11,15-16H,8-9,12-14H2,(H,30,31). The molecule has 0 amide bonds. The van der Waals surface area contributed by atoms with Gasteiger partial charge in [-0.2, -0.15) is 13.2 Å². The van der Waals surface area contributed by atoms with Crippen LogP contribution in [0, 0.1) is 5.82 Å². The molecule has 0 fully saturated rings. The SMILES string of the molecule is Fc1ccc(-n2cc(C3=CCN(CCc4ncc[nH]4)CC3)c3cc(C(F)(F)F)ccc32)cc1. The molecule has 0 saturated heterocycles. The molecule has 4 aromatic rings. The first-order chi connectivity index (χ1) is 15.9. The lowest BCUT2D eigenvalue weighted by atomic mass is 9.98. The van der Waals surface area contributed by atoms with E-state index >= 15 is 0 Å². The molecule has 0 unspecified atom stereocenters. The summed E-state index contributed by atoms with van der Waals surface area (Å²) in [4.78, 5) is 9.64. The number of alkyl halides is 3. The third-order valence-corrected chi connectivity index (χ3v) is 6.10. The number of nitrogens with one attached hydrogen (secondary N) is 1. The maximum atomic E-state index is 13.4. The molecule has 1 N–H and O–H groups in total. The number of nitrogens with zero attached hydrogens (tertiary/aromatic N) is 3. The third kappa shape index (κ3) is 4.43. The molecule has 0 radical (unpaired) electrons. The second-order valence-corrected chi connectivity index (χ2v) is 8.18. The van der Waals surface area contributed by atoms with Crippen molar-refractivity contribution in [3.8, 4) is 5.69 Å². The van der Waals surface area contributed by atoms with Crippen LogP contribution in [-0.4, -0.2) is 39.1 Å². The van der Waals surface area contributed by atoms with Crippen molar-refractivity contribution in [3.05, 3.63) is 89.9 Å². The summed E-state index contributed by atoms with van der Waals surface area (Å²) in [5.41, 5.74) is 2.49. The molecule has 0 aliphatic carbocycles. The van der Waals surface area contributed by atoms with Crippen LogP contribution in [0.3, 0.4) is 0 Å². The predicted octanol–water partition coefficient (Wildman–Crippen LogP) is 5.84. The van der Waals surface area contributed by atoms with Gasteiger partial charge in [0.25, 0.3) is 0 Å². The number of H-pyrrole nitrogens is 1. The molecule has 1 aliphatic heterocycles. The number of hydrogen-bond donors (Lipinski definition) is 1. The molecule has 0 saturated carbocycles. The van der Waals surface area contributed by atoms with Crippen LogP contribution in [-0.2, 0) is 12.6 Å². The number of rotatable bonds is 5. The summed E-state index contributed by atoms with van der Waals surface area (Å²) in [6, 6.07) is 9.75. The zero-order valence-corrected chi connectivity index (χ0v) is 17.7. The molecule has 0 bridgehead atoms. The van der Waals surface area contributed by atoms with E-state index in [9.17, 15) is 17.6 Å². The van der Waals surface area contributed by atoms with Gasteiger partial charge in [0.05, 0.1) is 11.1 Å². The highest BCUT2D eigenvalue weighted by atomic mass is 19.4. The normalized spacial score (nSPS) is 15.2. The minimum atomic E-state index is -4.42. The average Bonchev–Trinajstić information content (AvgIpc) is 3.46. The quantitative estimate of drug-likeness (QED) is 0.385. The number of halogens is 4. The Balaban J connectivity index is 1.49. The minimum Gasteiger partial charge on any atom is -0.349 e. The van der Waals surface area contributed by atoms with E-state index in [1.165, 1.54) is 24.3 Å². The fourth-order valence-electron chi connectivity index (χ4n) is 4.34. The molecule has 1 aliphatic rings. The summed E-state index contributed by atoms with van der Waals surface area (Å²) in [6.45, 7) is 2.39. The highest BCUT2D eigenvalue weighted by Gasteiger charge is 2.31. The highest BCUT2D eigenvalue weighted by Crippen LogP contribution is 2.37. The first-order valence-corrected chi connectivity index (χ1v) is 10.8. The number of benzene rings is 2. The Morgan fingerprint density at radius 3 is 2.55 bits per heavy atom. The molecule has 0 atom stereocenters. The number of fused-ring (bicyclic) bond motifs is 1. The fourth-order valence-corrected chi connectivity index (χ4v) is 4.34. The van der Waals surface area contributed by atoms with E-state index in [0.29, 0.717) is 16.6 Å². The maximum absolute atomic E-state index is 13.4. The van der Waals surface area contributed by atoms with Crippen molar-refractivity contribution in [1.82, 2.24) is 19.4 Å². The zero-order valence-electron chi connectivity index (χ0n) is 17.7. The van der Waals surface area contributed by atoms with Gasteiger partial charge in [0, 0.05) is 61.3 Å². The Labute approximate surface area is 188 Å². The van der Waals surface area contributed by atoms with Crippen LogP contribution >= 0.6 is 0 Å². The van der Waals surface area contributed by atoms with E-state index < -0.39 is 11.7 Å². The summed E-state index contributed by atoms with van der Waals surface area (Å²) in [6.07, 6.45) is 4.61. The van der Waals surface area contributed by atoms with Crippen LogP contribution in [0.1, 0.15) is 23.4 Å². The molecule has 2 aromatic carbocycles. The van der Waals surface area contributed by atoms with E-state index in [4.69, 9.17) is 0 Å². The number of aromatic nitrogens is 3. The lowest BCUT2D eigenvalue weighted by Crippen LogP contribution is -2.30. The number of aromatic amines is 1. The van der Waals surface area contributed by atoms with Crippen LogP contribution in [0.2, 0.25) is 0 Å². The van der Waals surface area contributed by atoms with Gasteiger partial charge in [0.2, 0.25) is 0 Å². The first-order valence-electron chi connectivity index (χ1n) is 10.8. The first kappa shape index (κ1) is 21.5. The molecule has 2 aromatic heterocycles. The maximum Gasteiger partial charge on any atom is 0.416 e. The monoisotopic (exact) mass is 454 g/mol. The summed E-state index contributed by atoms with van der Waals surface area (Å²) >= 11 is 0. The van der Waals surface area contributed by atoms with E-state index in [-0.39, 0.29) is 5.82 Å². The Morgan fingerprint density at radius 1 is 1.06 bits per heavy atom. The molecule has 0 spiro atoms. The van der Waals surface area contributed by atoms with Gasteiger partial charge in [-0.15, -0.1) is 0 Å². The van der Waals surface area contributed by atoms with E-state index in [0.717, 1.165) is 55.5 Å². The van der Waals surface area contributed by atoms with Gasteiger partial charge < -0.3 is 9.55 Å². The van der Waals surface area contributed by atoms with Gasteiger partial charge in [-0.25, -0.2) is 9.37 Å². The molecule has 8 heteroatoms. The second-order valence-electron chi connectivity index (χ2n) is 8.18. The van der Waals surface area contributed by atoms with Crippen molar-refractivity contribution in [3.63, 3.8) is 0 Å². The van der Waals surface area contributed by atoms with Crippen LogP contribution < -0.4 is 0 Å².